The van der Waals surface area contributed by atoms with E-state index in [9.17, 15) is 0 Å². The average molecular weight is 196 g/mol. The average Bonchev–Trinajstić information content (AvgIpc) is 2.05. The van der Waals surface area contributed by atoms with Gasteiger partial charge in [-0.1, -0.05) is 47.5 Å². The molecule has 0 N–H and O–H groups in total. The molecule has 14 heavy (non-hydrogen) atoms. The molecule has 1 rings (SSSR count). The molecule has 0 unspecified atom stereocenters. The monoisotopic (exact) mass is 196 g/mol. The van der Waals surface area contributed by atoms with Gasteiger partial charge in [0.1, 0.15) is 0 Å². The lowest BCUT2D eigenvalue weighted by Gasteiger charge is -1.97. The van der Waals surface area contributed by atoms with E-state index in [2.05, 4.69) is 32.6 Å². The number of rotatable bonds is 0. The molecular weight excluding hydrogens is 168 g/mol. The lowest BCUT2D eigenvalue weighted by molar-refractivity contribution is 0.652. The van der Waals surface area contributed by atoms with Gasteiger partial charge in [-0.2, -0.15) is 0 Å². The Morgan fingerprint density at radius 3 is 1.29 bits per heavy atom. The zero-order valence-corrected chi connectivity index (χ0v) is 10.8. The second kappa shape index (κ2) is 15.1. The van der Waals surface area contributed by atoms with Crippen LogP contribution in [0.15, 0.2) is 0 Å². The normalized spacial score (nSPS) is 14.4. The molecule has 0 fully saturated rings. The minimum absolute atomic E-state index is 0.833. The van der Waals surface area contributed by atoms with E-state index >= 15 is 0 Å². The SMILES string of the molecule is C1#CCCCCCC1.CC.CC(C)C. The maximum Gasteiger partial charge on any atom is 0.00886 e. The Morgan fingerprint density at radius 1 is 0.714 bits per heavy atom. The third-order valence-corrected chi connectivity index (χ3v) is 1.48. The summed E-state index contributed by atoms with van der Waals surface area (Å²) >= 11 is 0. The van der Waals surface area contributed by atoms with Crippen LogP contribution < -0.4 is 0 Å². The van der Waals surface area contributed by atoms with E-state index in [1.807, 2.05) is 13.8 Å². The first-order chi connectivity index (χ1) is 6.73. The van der Waals surface area contributed by atoms with Gasteiger partial charge in [0.05, 0.1) is 0 Å². The summed E-state index contributed by atoms with van der Waals surface area (Å²) in [6, 6.07) is 0. The van der Waals surface area contributed by atoms with Gasteiger partial charge in [0.25, 0.3) is 0 Å². The van der Waals surface area contributed by atoms with Crippen LogP contribution in [-0.2, 0) is 0 Å². The lowest BCUT2D eigenvalue weighted by atomic mass is 10.1. The minimum Gasteiger partial charge on any atom is -0.103 e. The summed E-state index contributed by atoms with van der Waals surface area (Å²) in [5.74, 6) is 7.11. The molecule has 84 valence electrons. The molecule has 0 aromatic heterocycles. The van der Waals surface area contributed by atoms with Crippen molar-refractivity contribution in [3.63, 3.8) is 0 Å². The highest BCUT2D eigenvalue weighted by atomic mass is 13.9. The van der Waals surface area contributed by atoms with Crippen LogP contribution in [0, 0.1) is 17.8 Å². The molecule has 0 amide bonds. The van der Waals surface area contributed by atoms with Gasteiger partial charge in [0, 0.05) is 12.8 Å². The van der Waals surface area contributed by atoms with Crippen molar-refractivity contribution in [1.82, 2.24) is 0 Å². The van der Waals surface area contributed by atoms with Crippen molar-refractivity contribution in [2.45, 2.75) is 73.1 Å². The molecule has 0 aromatic rings. The van der Waals surface area contributed by atoms with Crippen LogP contribution in [0.5, 0.6) is 0 Å². The maximum atomic E-state index is 3.14. The van der Waals surface area contributed by atoms with Gasteiger partial charge in [-0.15, -0.1) is 11.8 Å². The zero-order chi connectivity index (χ0) is 11.2. The van der Waals surface area contributed by atoms with Gasteiger partial charge in [0.15, 0.2) is 0 Å². The highest BCUT2D eigenvalue weighted by Gasteiger charge is 1.89. The molecule has 0 heterocycles. The molecule has 0 nitrogen and oxygen atoms in total. The molecule has 1 aliphatic rings. The van der Waals surface area contributed by atoms with E-state index in [4.69, 9.17) is 0 Å². The Labute approximate surface area is 91.5 Å². The largest absolute Gasteiger partial charge is 0.103 e. The van der Waals surface area contributed by atoms with E-state index in [1.54, 1.807) is 0 Å². The maximum absolute atomic E-state index is 3.14. The standard InChI is InChI=1S/C8H12.C4H10.C2H6/c1-2-4-6-8-7-5-3-1;1-4(2)3;1-2/h1-6H2;4H,1-3H3;1-2H3. The van der Waals surface area contributed by atoms with Crippen molar-refractivity contribution < 1.29 is 0 Å². The summed E-state index contributed by atoms with van der Waals surface area (Å²) in [7, 11) is 0. The topological polar surface area (TPSA) is 0 Å². The van der Waals surface area contributed by atoms with Crippen molar-refractivity contribution in [3.05, 3.63) is 0 Å². The molecule has 0 atom stereocenters. The van der Waals surface area contributed by atoms with Crippen LogP contribution >= 0.6 is 0 Å². The Balaban J connectivity index is 0. The zero-order valence-electron chi connectivity index (χ0n) is 10.8. The third-order valence-electron chi connectivity index (χ3n) is 1.48. The summed E-state index contributed by atoms with van der Waals surface area (Å²) in [6.45, 7) is 10.5. The predicted molar refractivity (Wildman–Crippen MR) is 67.3 cm³/mol. The summed E-state index contributed by atoms with van der Waals surface area (Å²) < 4.78 is 0. The summed E-state index contributed by atoms with van der Waals surface area (Å²) in [5.41, 5.74) is 0. The molecular formula is C14H28. The van der Waals surface area contributed by atoms with E-state index in [0.717, 1.165) is 18.8 Å². The molecule has 0 aliphatic heterocycles. The minimum atomic E-state index is 0.833. The van der Waals surface area contributed by atoms with Crippen molar-refractivity contribution in [2.75, 3.05) is 0 Å². The van der Waals surface area contributed by atoms with Gasteiger partial charge < -0.3 is 0 Å². The second-order valence-corrected chi connectivity index (χ2v) is 4.00. The quantitative estimate of drug-likeness (QED) is 0.476. The summed E-state index contributed by atoms with van der Waals surface area (Å²) in [5, 5.41) is 0. The van der Waals surface area contributed by atoms with Gasteiger partial charge in [-0.3, -0.25) is 0 Å². The molecule has 0 aromatic carbocycles. The lowest BCUT2D eigenvalue weighted by Crippen LogP contribution is -1.80. The molecule has 1 aliphatic carbocycles. The van der Waals surface area contributed by atoms with Gasteiger partial charge >= 0.3 is 0 Å². The molecule has 0 bridgehead atoms. The molecule has 0 heteroatoms. The van der Waals surface area contributed by atoms with E-state index < -0.39 is 0 Å². The van der Waals surface area contributed by atoms with Crippen LogP contribution in [0.3, 0.4) is 0 Å². The van der Waals surface area contributed by atoms with Crippen molar-refractivity contribution in [2.24, 2.45) is 5.92 Å². The van der Waals surface area contributed by atoms with E-state index in [1.165, 1.54) is 25.7 Å². The fraction of sp³-hybridized carbons (Fsp3) is 0.857. The first kappa shape index (κ1) is 16.0. The smallest absolute Gasteiger partial charge is 0.00886 e. The van der Waals surface area contributed by atoms with Gasteiger partial charge in [-0.25, -0.2) is 0 Å². The fourth-order valence-electron chi connectivity index (χ4n) is 0.957. The Morgan fingerprint density at radius 2 is 1.00 bits per heavy atom. The van der Waals surface area contributed by atoms with Crippen LogP contribution in [0.25, 0.3) is 0 Å². The molecule has 0 radical (unpaired) electrons. The van der Waals surface area contributed by atoms with E-state index in [-0.39, 0.29) is 0 Å². The molecule has 0 saturated heterocycles. The number of hydrogen-bond acceptors (Lipinski definition) is 0. The van der Waals surface area contributed by atoms with Crippen LogP contribution in [0.4, 0.5) is 0 Å². The van der Waals surface area contributed by atoms with Crippen LogP contribution in [-0.4, -0.2) is 0 Å². The summed E-state index contributed by atoms with van der Waals surface area (Å²) in [4.78, 5) is 0. The fourth-order valence-corrected chi connectivity index (χ4v) is 0.957. The van der Waals surface area contributed by atoms with Crippen molar-refractivity contribution >= 4 is 0 Å². The second-order valence-electron chi connectivity index (χ2n) is 4.00. The van der Waals surface area contributed by atoms with Crippen molar-refractivity contribution in [3.8, 4) is 11.8 Å². The first-order valence-corrected chi connectivity index (χ1v) is 6.19. The van der Waals surface area contributed by atoms with E-state index in [0.29, 0.717) is 0 Å². The van der Waals surface area contributed by atoms with Gasteiger partial charge in [0.2, 0.25) is 0 Å². The summed E-state index contributed by atoms with van der Waals surface area (Å²) in [6.07, 6.45) is 7.73. The first-order valence-electron chi connectivity index (χ1n) is 6.19. The highest BCUT2D eigenvalue weighted by Crippen LogP contribution is 2.06. The van der Waals surface area contributed by atoms with Crippen LogP contribution in [0.2, 0.25) is 0 Å². The molecule has 0 spiro atoms. The van der Waals surface area contributed by atoms with Gasteiger partial charge in [-0.05, 0) is 18.8 Å². The predicted octanol–water partition coefficient (Wildman–Crippen LogP) is 5.03. The highest BCUT2D eigenvalue weighted by molar-refractivity contribution is 4.99. The van der Waals surface area contributed by atoms with Crippen LogP contribution in [0.1, 0.15) is 73.1 Å². The Hall–Kier alpha value is -0.440. The van der Waals surface area contributed by atoms with Crippen molar-refractivity contribution in [1.29, 1.82) is 0 Å². The molecule has 0 saturated carbocycles. The Bertz CT molecular complexity index is 119. The Kier molecular flexibility index (Phi) is 17.2. The third kappa shape index (κ3) is 22.6. The number of hydrogen-bond donors (Lipinski definition) is 0.